The molecule has 1 unspecified atom stereocenters. The van der Waals surface area contributed by atoms with Crippen LogP contribution in [0, 0.1) is 59.3 Å². The Morgan fingerprint density at radius 2 is 0.915 bits per heavy atom. The summed E-state index contributed by atoms with van der Waals surface area (Å²) in [5.41, 5.74) is 6.05. The van der Waals surface area contributed by atoms with Gasteiger partial charge in [0.05, 0.1) is 0 Å². The third kappa shape index (κ3) is 19.7. The minimum Gasteiger partial charge on any atom is -0.503 e. The average Bonchev–Trinajstić information content (AvgIpc) is 3.34. The predicted octanol–water partition coefficient (Wildman–Crippen LogP) is 13.1. The van der Waals surface area contributed by atoms with Gasteiger partial charge in [-0.1, -0.05) is 97.1 Å². The quantitative estimate of drug-likeness (QED) is 0.0310. The van der Waals surface area contributed by atoms with Crippen LogP contribution in [-0.4, -0.2) is 29.1 Å². The molecule has 26 heteroatoms. The number of carbonyl (C=O) groups excluding carboxylic acids is 2. The Kier molecular flexibility index (Phi) is 24.8. The fraction of sp³-hybridized carbons (Fsp3) is 0.156. The number of rotatable bonds is 14. The van der Waals surface area contributed by atoms with E-state index in [4.69, 9.17) is 51.8 Å². The second-order valence-corrected chi connectivity index (χ2v) is 19.6. The Morgan fingerprint density at radius 3 is 1.30 bits per heavy atom. The molecule has 0 amide bonds. The van der Waals surface area contributed by atoms with Crippen molar-refractivity contribution in [1.82, 2.24) is 5.09 Å². The molecule has 6 aromatic rings. The zero-order valence-corrected chi connectivity index (χ0v) is 40.9. The number of esters is 2. The summed E-state index contributed by atoms with van der Waals surface area (Å²) < 4.78 is 166. The fourth-order valence-electron chi connectivity index (χ4n) is 4.81. The van der Waals surface area contributed by atoms with Crippen molar-refractivity contribution in [3.05, 3.63) is 190 Å². The molecule has 6 aromatic carbocycles. The Bertz CT molecular complexity index is 2650. The van der Waals surface area contributed by atoms with Crippen LogP contribution < -0.4 is 24.4 Å². The molecule has 0 bridgehead atoms. The lowest BCUT2D eigenvalue weighted by Gasteiger charge is -2.23. The maximum atomic E-state index is 14.4. The minimum absolute atomic E-state index is 0. The van der Waals surface area contributed by atoms with E-state index in [2.05, 4.69) is 9.61 Å². The molecule has 3 atom stereocenters. The van der Waals surface area contributed by atoms with Crippen LogP contribution in [0.2, 0.25) is 0 Å². The van der Waals surface area contributed by atoms with Gasteiger partial charge < -0.3 is 33.9 Å². The summed E-state index contributed by atoms with van der Waals surface area (Å²) in [6.07, 6.45) is -3.44. The SMILES string of the molecule is C[C@H](N)C(=O)OCc1ccccc1.Cc1c(F)c(F)c(OP(=O)(N[C@@H](C)C(=O)OCc2ccccc2)Oc2ccccc2)c(F)c1F.Cl.O=P(Cl)(Cl)Oc1ccccc1.Oc1c(F)c(F)c(F)c(F)c1F. The van der Waals surface area contributed by atoms with Crippen LogP contribution in [-0.2, 0) is 41.4 Å². The van der Waals surface area contributed by atoms with Crippen LogP contribution in [0.4, 0.5) is 39.5 Å². The van der Waals surface area contributed by atoms with Gasteiger partial charge in [-0.25, -0.2) is 31.1 Å². The summed E-state index contributed by atoms with van der Waals surface area (Å²) in [5, 5.41) is 10.5. The minimum atomic E-state index is -4.84. The third-order valence-corrected chi connectivity index (χ3v) is 10.7. The number of phenolic OH excluding ortho intramolecular Hbond substituents is 1. The first-order valence-corrected chi connectivity index (χ1v) is 24.6. The lowest BCUT2D eigenvalue weighted by molar-refractivity contribution is -0.147. The zero-order valence-electron chi connectivity index (χ0n) is 36.8. The lowest BCUT2D eigenvalue weighted by Crippen LogP contribution is -2.36. The molecule has 0 fully saturated rings. The van der Waals surface area contributed by atoms with Crippen LogP contribution in [0.1, 0.15) is 30.5 Å². The van der Waals surface area contributed by atoms with E-state index < -0.39 is 101 Å². The normalized spacial score (nSPS) is 12.2. The number of aromatic hydroxyl groups is 1. The van der Waals surface area contributed by atoms with Crippen molar-refractivity contribution in [2.75, 3.05) is 0 Å². The Balaban J connectivity index is 0.000000380. The fourth-order valence-corrected chi connectivity index (χ4v) is 7.18. The number of carbonyl (C=O) groups is 2. The summed E-state index contributed by atoms with van der Waals surface area (Å²) >= 11 is 10.3. The predicted molar refractivity (Wildman–Crippen MR) is 247 cm³/mol. The first kappa shape index (κ1) is 61.2. The molecular weight excluding hydrogens is 1070 g/mol. The molecule has 0 saturated carbocycles. The van der Waals surface area contributed by atoms with E-state index >= 15 is 0 Å². The topological polar surface area (TPSA) is 173 Å². The van der Waals surface area contributed by atoms with Crippen LogP contribution in [0.5, 0.6) is 23.0 Å². The summed E-state index contributed by atoms with van der Waals surface area (Å²) in [5.74, 6) is -22.7. The van der Waals surface area contributed by atoms with Gasteiger partial charge >= 0.3 is 25.8 Å². The largest absolute Gasteiger partial charge is 0.513 e. The van der Waals surface area contributed by atoms with Crippen LogP contribution in [0.3, 0.4) is 0 Å². The van der Waals surface area contributed by atoms with E-state index in [9.17, 15) is 58.2 Å². The molecular formula is C45H40Cl3F9N2O10P2. The van der Waals surface area contributed by atoms with Gasteiger partial charge in [-0.05, 0) is 56.2 Å². The highest BCUT2D eigenvalue weighted by Crippen LogP contribution is 2.57. The third-order valence-electron chi connectivity index (χ3n) is 8.29. The van der Waals surface area contributed by atoms with Crippen molar-refractivity contribution in [3.8, 4) is 23.0 Å². The molecule has 0 saturated heterocycles. The van der Waals surface area contributed by atoms with Gasteiger partial charge in [0.25, 0.3) is 0 Å². The van der Waals surface area contributed by atoms with Crippen molar-refractivity contribution >= 4 is 60.6 Å². The highest BCUT2D eigenvalue weighted by Gasteiger charge is 2.38. The molecule has 0 aliphatic rings. The van der Waals surface area contributed by atoms with Gasteiger partial charge in [0, 0.05) is 28.0 Å². The Labute approximate surface area is 415 Å². The number of nitrogens with two attached hydrogens (primary N) is 1. The Morgan fingerprint density at radius 1 is 0.563 bits per heavy atom. The van der Waals surface area contributed by atoms with Crippen molar-refractivity contribution in [3.63, 3.8) is 0 Å². The molecule has 0 aromatic heterocycles. The highest BCUT2D eigenvalue weighted by atomic mass is 35.9. The number of hydrogen-bond acceptors (Lipinski definition) is 11. The van der Waals surface area contributed by atoms with Crippen molar-refractivity contribution in [2.45, 2.75) is 46.1 Å². The summed E-state index contributed by atoms with van der Waals surface area (Å²) in [6, 6.07) is 32.1. The molecule has 0 aliphatic carbocycles. The van der Waals surface area contributed by atoms with E-state index in [-0.39, 0.29) is 30.7 Å². The second-order valence-electron chi connectivity index (χ2n) is 13.8. The first-order chi connectivity index (χ1) is 32.9. The number of phenols is 1. The molecule has 384 valence electrons. The van der Waals surface area contributed by atoms with Crippen molar-refractivity contribution < 1.29 is 86.4 Å². The summed E-state index contributed by atoms with van der Waals surface area (Å²) in [7, 11) is -4.84. The van der Waals surface area contributed by atoms with Gasteiger partial charge in [0.1, 0.15) is 36.8 Å². The molecule has 6 rings (SSSR count). The van der Waals surface area contributed by atoms with E-state index in [1.165, 1.54) is 31.2 Å². The summed E-state index contributed by atoms with van der Waals surface area (Å²) in [6.45, 7) is 3.85. The molecule has 12 nitrogen and oxygen atoms in total. The van der Waals surface area contributed by atoms with Crippen LogP contribution in [0.15, 0.2) is 121 Å². The van der Waals surface area contributed by atoms with Crippen molar-refractivity contribution in [2.24, 2.45) is 5.73 Å². The maximum Gasteiger partial charge on any atom is 0.513 e. The zero-order chi connectivity index (χ0) is 52.3. The monoisotopic (exact) mass is 1110 g/mol. The lowest BCUT2D eigenvalue weighted by atomic mass is 10.2. The summed E-state index contributed by atoms with van der Waals surface area (Å²) in [4.78, 5) is 23.4. The van der Waals surface area contributed by atoms with E-state index in [1.807, 2.05) is 30.3 Å². The highest BCUT2D eigenvalue weighted by molar-refractivity contribution is 8.05. The van der Waals surface area contributed by atoms with Crippen LogP contribution >= 0.6 is 48.7 Å². The number of hydrogen-bond donors (Lipinski definition) is 3. The first-order valence-electron chi connectivity index (χ1n) is 19.6. The number of ether oxygens (including phenoxy) is 2. The number of halogens is 12. The molecule has 0 spiro atoms. The van der Waals surface area contributed by atoms with Gasteiger partial charge in [0.15, 0.2) is 17.4 Å². The van der Waals surface area contributed by atoms with E-state index in [0.29, 0.717) is 17.9 Å². The standard InChI is InChI=1S/C23H20F4NO5P.C10H13NO2.C6H5Cl2O2P.C6HF5O.ClH/c1-14-18(24)20(26)22(21(27)19(14)25)33-34(30,32-17-11-7-4-8-12-17)28-15(2)23(29)31-13-16-9-5-3-6-10-16;1-8(11)10(12)13-7-9-5-3-2-4-6-9;7-11(8,9)10-6-4-2-1-3-5-6;7-1-2(8)4(10)6(12)5(11)3(1)9;/h3-12,15H,13H2,1-2H3,(H,28,30);2-6,8H,7,11H2,1H3;1-5H;12H;1H/t15-,34?;8-;;;/m00.../s1. The smallest absolute Gasteiger partial charge is 0.503 e. The van der Waals surface area contributed by atoms with Gasteiger partial charge in [0.2, 0.25) is 46.5 Å². The molecule has 0 heterocycles. The average molecular weight is 1110 g/mol. The number of para-hydroxylation sites is 2. The maximum absolute atomic E-state index is 14.4. The Hall–Kier alpha value is -5.92. The van der Waals surface area contributed by atoms with Gasteiger partial charge in [-0.2, -0.15) is 22.6 Å². The van der Waals surface area contributed by atoms with Gasteiger partial charge in [-0.15, -0.1) is 12.4 Å². The van der Waals surface area contributed by atoms with Crippen LogP contribution in [0.25, 0.3) is 0 Å². The molecule has 0 aliphatic heterocycles. The van der Waals surface area contributed by atoms with Gasteiger partial charge in [-0.3, -0.25) is 9.59 Å². The van der Waals surface area contributed by atoms with E-state index in [0.717, 1.165) is 12.5 Å². The molecule has 0 radical (unpaired) electrons. The number of benzene rings is 6. The number of nitrogens with one attached hydrogen (secondary N) is 1. The van der Waals surface area contributed by atoms with Crippen molar-refractivity contribution in [1.29, 1.82) is 0 Å². The molecule has 4 N–H and O–H groups in total. The second kappa shape index (κ2) is 28.8. The van der Waals surface area contributed by atoms with E-state index in [1.54, 1.807) is 73.7 Å². The molecule has 71 heavy (non-hydrogen) atoms.